The van der Waals surface area contributed by atoms with Gasteiger partial charge in [-0.1, -0.05) is 287 Å². The van der Waals surface area contributed by atoms with Crippen LogP contribution in [0.3, 0.4) is 0 Å². The third-order valence-corrected chi connectivity index (χ3v) is 13.5. The molecule has 0 bridgehead atoms. The van der Waals surface area contributed by atoms with Crippen molar-refractivity contribution >= 4 is 17.9 Å². The average molecular weight is 1130 g/mol. The molecule has 0 aromatic heterocycles. The molecule has 0 heterocycles. The Hall–Kier alpha value is -5.23. The van der Waals surface area contributed by atoms with Gasteiger partial charge in [-0.05, 0) is 135 Å². The first-order valence-electron chi connectivity index (χ1n) is 33.1. The van der Waals surface area contributed by atoms with Crippen molar-refractivity contribution in [2.45, 2.75) is 277 Å². The number of hydrogen-bond acceptors (Lipinski definition) is 6. The Morgan fingerprint density at radius 1 is 0.256 bits per heavy atom. The fourth-order valence-electron chi connectivity index (χ4n) is 8.58. The summed E-state index contributed by atoms with van der Waals surface area (Å²) in [5.74, 6) is -0.976. The number of rotatable bonds is 58. The highest BCUT2D eigenvalue weighted by molar-refractivity contribution is 5.71. The lowest BCUT2D eigenvalue weighted by molar-refractivity contribution is -0.167. The molecular formula is C76H120O6. The lowest BCUT2D eigenvalue weighted by atomic mass is 10.0. The number of carbonyl (C=O) groups is 3. The molecule has 0 rings (SSSR count). The minimum Gasteiger partial charge on any atom is -0.462 e. The Labute approximate surface area is 504 Å². The molecule has 0 aliphatic heterocycles. The molecule has 0 radical (unpaired) electrons. The van der Waals surface area contributed by atoms with Crippen LogP contribution in [0.1, 0.15) is 271 Å². The van der Waals surface area contributed by atoms with Gasteiger partial charge in [-0.2, -0.15) is 0 Å². The fraction of sp³-hybridized carbons (Fsp3) is 0.592. The van der Waals surface area contributed by atoms with Crippen LogP contribution < -0.4 is 0 Å². The number of unbranched alkanes of at least 4 members (excludes halogenated alkanes) is 19. The topological polar surface area (TPSA) is 78.9 Å². The van der Waals surface area contributed by atoms with Gasteiger partial charge in [0.25, 0.3) is 0 Å². The molecule has 1 atom stereocenters. The minimum atomic E-state index is -0.818. The maximum atomic E-state index is 12.9. The third-order valence-electron chi connectivity index (χ3n) is 13.5. The number of hydrogen-bond donors (Lipinski definition) is 0. The van der Waals surface area contributed by atoms with Crippen molar-refractivity contribution in [3.05, 3.63) is 170 Å². The highest BCUT2D eigenvalue weighted by Gasteiger charge is 2.19. The van der Waals surface area contributed by atoms with E-state index in [2.05, 4.69) is 191 Å². The van der Waals surface area contributed by atoms with Crippen molar-refractivity contribution in [3.63, 3.8) is 0 Å². The van der Waals surface area contributed by atoms with E-state index in [1.807, 2.05) is 0 Å². The van der Waals surface area contributed by atoms with E-state index in [0.29, 0.717) is 19.3 Å². The molecule has 0 spiro atoms. The van der Waals surface area contributed by atoms with Crippen molar-refractivity contribution < 1.29 is 28.6 Å². The van der Waals surface area contributed by atoms with Crippen LogP contribution in [0.5, 0.6) is 0 Å². The Morgan fingerprint density at radius 3 is 0.744 bits per heavy atom. The van der Waals surface area contributed by atoms with E-state index < -0.39 is 6.10 Å². The SMILES string of the molecule is CC/C=C\C/C=C\C/C=C\C/C=C\C/C=C\C/C=C\C/C=C\C/C=C\C/C=C\CCCCCC(=O)OCC(COC(=O)CCCCCCCCCCCCCCCC)OC(=O)CCCCC/C=C\C/C=C\C/C=C\C/C=C\C/C=C\CC. The third kappa shape index (κ3) is 65.6. The molecule has 6 heteroatoms. The van der Waals surface area contributed by atoms with Crippen LogP contribution in [-0.2, 0) is 28.6 Å². The van der Waals surface area contributed by atoms with E-state index in [-0.39, 0.29) is 37.5 Å². The summed E-state index contributed by atoms with van der Waals surface area (Å²) in [7, 11) is 0. The standard InChI is InChI=1S/C76H120O6/c1-4-7-10-13-16-19-22-25-28-30-32-33-34-35-36-37-38-39-40-41-42-43-45-46-48-51-54-57-60-63-66-69-75(78)81-72-73(71-80-74(77)68-65-62-59-56-53-50-27-24-21-18-15-12-9-6-3)82-76(79)70-67-64-61-58-55-52-49-47-44-31-29-26-23-20-17-14-11-8-5-2/h7-8,10-11,16-17,19-20,25-26,28-29,32-33,35-36,38-39,41-42,44-47,51-52,54-55,73H,4-6,9,12-15,18,21-24,27,30-31,34,37,40,43,48-50,53,56-72H2,1-3H3/b10-7-,11-8-,19-16-,20-17-,28-25-,29-26-,33-32-,36-35-,39-38-,42-41-,46-45-,47-44-,54-51-,55-52-. The zero-order valence-corrected chi connectivity index (χ0v) is 52.7. The molecule has 82 heavy (non-hydrogen) atoms. The molecule has 0 aliphatic carbocycles. The molecule has 0 amide bonds. The van der Waals surface area contributed by atoms with E-state index in [1.165, 1.54) is 70.6 Å². The maximum Gasteiger partial charge on any atom is 0.306 e. The minimum absolute atomic E-state index is 0.107. The molecule has 0 saturated heterocycles. The summed E-state index contributed by atoms with van der Waals surface area (Å²) in [5, 5.41) is 0. The highest BCUT2D eigenvalue weighted by atomic mass is 16.6. The number of allylic oxidation sites excluding steroid dienone is 28. The number of carbonyl (C=O) groups excluding carboxylic acids is 3. The van der Waals surface area contributed by atoms with Crippen LogP contribution >= 0.6 is 0 Å². The maximum absolute atomic E-state index is 12.9. The lowest BCUT2D eigenvalue weighted by Crippen LogP contribution is -2.30. The quantitative estimate of drug-likeness (QED) is 0.0261. The van der Waals surface area contributed by atoms with Crippen LogP contribution in [0.25, 0.3) is 0 Å². The van der Waals surface area contributed by atoms with E-state index in [1.54, 1.807) is 0 Å². The second kappa shape index (κ2) is 68.3. The molecule has 460 valence electrons. The van der Waals surface area contributed by atoms with Gasteiger partial charge >= 0.3 is 17.9 Å². The zero-order valence-electron chi connectivity index (χ0n) is 52.7. The monoisotopic (exact) mass is 1130 g/mol. The Bertz CT molecular complexity index is 1870. The van der Waals surface area contributed by atoms with Gasteiger partial charge in [0.05, 0.1) is 0 Å². The van der Waals surface area contributed by atoms with Crippen molar-refractivity contribution in [2.75, 3.05) is 13.2 Å². The van der Waals surface area contributed by atoms with Gasteiger partial charge in [-0.3, -0.25) is 14.4 Å². The second-order valence-corrected chi connectivity index (χ2v) is 21.3. The molecule has 0 aromatic rings. The Morgan fingerprint density at radius 2 is 0.476 bits per heavy atom. The van der Waals surface area contributed by atoms with Gasteiger partial charge in [0.15, 0.2) is 6.10 Å². The molecule has 0 N–H and O–H groups in total. The molecule has 6 nitrogen and oxygen atoms in total. The van der Waals surface area contributed by atoms with Gasteiger partial charge in [-0.25, -0.2) is 0 Å². The fourth-order valence-corrected chi connectivity index (χ4v) is 8.58. The summed E-state index contributed by atoms with van der Waals surface area (Å²) in [6.07, 6.45) is 101. The Balaban J connectivity index is 4.47. The van der Waals surface area contributed by atoms with Gasteiger partial charge in [0.2, 0.25) is 0 Å². The van der Waals surface area contributed by atoms with Crippen LogP contribution in [-0.4, -0.2) is 37.2 Å². The molecule has 1 unspecified atom stereocenters. The van der Waals surface area contributed by atoms with Gasteiger partial charge in [0, 0.05) is 19.3 Å². The van der Waals surface area contributed by atoms with E-state index in [0.717, 1.165) is 154 Å². The number of esters is 3. The molecular weight excluding hydrogens is 1010 g/mol. The van der Waals surface area contributed by atoms with Gasteiger partial charge in [0.1, 0.15) is 13.2 Å². The summed E-state index contributed by atoms with van der Waals surface area (Å²) in [6, 6.07) is 0. The molecule has 0 fully saturated rings. The lowest BCUT2D eigenvalue weighted by Gasteiger charge is -2.18. The van der Waals surface area contributed by atoms with E-state index >= 15 is 0 Å². The van der Waals surface area contributed by atoms with Crippen LogP contribution in [0.15, 0.2) is 170 Å². The van der Waals surface area contributed by atoms with Crippen LogP contribution in [0, 0.1) is 0 Å². The van der Waals surface area contributed by atoms with E-state index in [9.17, 15) is 14.4 Å². The first kappa shape index (κ1) is 76.8. The predicted octanol–water partition coefficient (Wildman–Crippen LogP) is 23.0. The zero-order chi connectivity index (χ0) is 59.2. The van der Waals surface area contributed by atoms with Gasteiger partial charge in [-0.15, -0.1) is 0 Å². The molecule has 0 saturated carbocycles. The van der Waals surface area contributed by atoms with Gasteiger partial charge < -0.3 is 14.2 Å². The summed E-state index contributed by atoms with van der Waals surface area (Å²) in [5.41, 5.74) is 0. The van der Waals surface area contributed by atoms with Crippen LogP contribution in [0.2, 0.25) is 0 Å². The largest absolute Gasteiger partial charge is 0.462 e. The summed E-state index contributed by atoms with van der Waals surface area (Å²) >= 11 is 0. The highest BCUT2D eigenvalue weighted by Crippen LogP contribution is 2.15. The second-order valence-electron chi connectivity index (χ2n) is 21.3. The predicted molar refractivity (Wildman–Crippen MR) is 357 cm³/mol. The normalized spacial score (nSPS) is 13.3. The first-order chi connectivity index (χ1) is 40.5. The number of ether oxygens (including phenoxy) is 3. The molecule has 0 aliphatic rings. The summed E-state index contributed by atoms with van der Waals surface area (Å²) < 4.78 is 16.9. The van der Waals surface area contributed by atoms with Crippen molar-refractivity contribution in [1.29, 1.82) is 0 Å². The summed E-state index contributed by atoms with van der Waals surface area (Å²) in [4.78, 5) is 38.3. The Kier molecular flexibility index (Phi) is 63.9. The molecule has 0 aromatic carbocycles. The van der Waals surface area contributed by atoms with Crippen molar-refractivity contribution in [1.82, 2.24) is 0 Å². The smallest absolute Gasteiger partial charge is 0.306 e. The van der Waals surface area contributed by atoms with E-state index in [4.69, 9.17) is 14.2 Å². The van der Waals surface area contributed by atoms with Crippen molar-refractivity contribution in [3.8, 4) is 0 Å². The summed E-state index contributed by atoms with van der Waals surface area (Å²) in [6.45, 7) is 6.36. The first-order valence-corrected chi connectivity index (χ1v) is 33.1. The van der Waals surface area contributed by atoms with Crippen LogP contribution in [0.4, 0.5) is 0 Å². The average Bonchev–Trinajstić information content (AvgIpc) is 3.47. The van der Waals surface area contributed by atoms with Crippen molar-refractivity contribution in [2.24, 2.45) is 0 Å².